The van der Waals surface area contributed by atoms with Gasteiger partial charge in [-0.25, -0.2) is 0 Å². The Kier molecular flexibility index (Phi) is 4.64. The highest BCUT2D eigenvalue weighted by Gasteiger charge is 2.37. The number of aromatic nitrogens is 1. The van der Waals surface area contributed by atoms with Crippen LogP contribution >= 0.6 is 0 Å². The van der Waals surface area contributed by atoms with E-state index < -0.39 is 0 Å². The summed E-state index contributed by atoms with van der Waals surface area (Å²) in [6.07, 6.45) is 4.32. The van der Waals surface area contributed by atoms with Crippen molar-refractivity contribution in [3.63, 3.8) is 0 Å². The third kappa shape index (κ3) is 3.19. The third-order valence-electron chi connectivity index (χ3n) is 5.46. The first kappa shape index (κ1) is 17.0. The van der Waals surface area contributed by atoms with Crippen molar-refractivity contribution in [2.24, 2.45) is 0 Å². The Morgan fingerprint density at radius 2 is 2.04 bits per heavy atom. The van der Waals surface area contributed by atoms with Gasteiger partial charge in [0, 0.05) is 12.2 Å². The van der Waals surface area contributed by atoms with Crippen LogP contribution < -0.4 is 5.56 Å². The number of hydrogen-bond donors (Lipinski definition) is 1. The smallest absolute Gasteiger partial charge is 0.261 e. The zero-order valence-corrected chi connectivity index (χ0v) is 15.0. The molecule has 2 aromatic rings. The van der Waals surface area contributed by atoms with Crippen molar-refractivity contribution >= 4 is 5.91 Å². The summed E-state index contributed by atoms with van der Waals surface area (Å²) in [6.45, 7) is 3.11. The van der Waals surface area contributed by atoms with Crippen LogP contribution in [-0.4, -0.2) is 41.1 Å². The van der Waals surface area contributed by atoms with Gasteiger partial charge in [-0.2, -0.15) is 0 Å². The van der Waals surface area contributed by atoms with Crippen LogP contribution in [-0.2, 0) is 4.74 Å². The first-order chi connectivity index (χ1) is 12.6. The molecule has 0 bridgehead atoms. The topological polar surface area (TPSA) is 62.4 Å². The van der Waals surface area contributed by atoms with Crippen LogP contribution in [0.5, 0.6) is 0 Å². The van der Waals surface area contributed by atoms with E-state index in [0.29, 0.717) is 13.2 Å². The Morgan fingerprint density at radius 3 is 2.85 bits per heavy atom. The minimum atomic E-state index is -0.326. The molecule has 0 spiro atoms. The molecular weight excluding hydrogens is 328 g/mol. The van der Waals surface area contributed by atoms with Gasteiger partial charge >= 0.3 is 0 Å². The number of carbonyl (C=O) groups excluding carboxylic acids is 1. The van der Waals surface area contributed by atoms with E-state index in [1.807, 2.05) is 42.2 Å². The summed E-state index contributed by atoms with van der Waals surface area (Å²) < 4.78 is 5.84. The lowest BCUT2D eigenvalue weighted by Gasteiger charge is -2.43. The summed E-state index contributed by atoms with van der Waals surface area (Å²) in [5, 5.41) is 0. The van der Waals surface area contributed by atoms with Crippen LogP contribution in [0.3, 0.4) is 0 Å². The fraction of sp³-hybridized carbons (Fsp3) is 0.429. The zero-order chi connectivity index (χ0) is 18.1. The number of carbonyl (C=O) groups is 1. The number of aryl methyl sites for hydroxylation is 1. The largest absolute Gasteiger partial charge is 0.374 e. The number of ether oxygens (including phenoxy) is 1. The predicted molar refractivity (Wildman–Crippen MR) is 100 cm³/mol. The lowest BCUT2D eigenvalue weighted by molar-refractivity contribution is -0.0753. The lowest BCUT2D eigenvalue weighted by Crippen LogP contribution is -2.55. The molecular formula is C21H24N2O3. The number of benzene rings is 1. The molecule has 2 heterocycles. The summed E-state index contributed by atoms with van der Waals surface area (Å²) >= 11 is 0. The van der Waals surface area contributed by atoms with Crippen molar-refractivity contribution in [3.8, 4) is 11.3 Å². The number of amides is 1. The van der Waals surface area contributed by atoms with E-state index in [-0.39, 0.29) is 29.2 Å². The second-order valence-electron chi connectivity index (χ2n) is 7.24. The maximum atomic E-state index is 13.0. The van der Waals surface area contributed by atoms with Gasteiger partial charge in [-0.1, -0.05) is 36.6 Å². The Balaban J connectivity index is 1.61. The van der Waals surface area contributed by atoms with Crippen LogP contribution in [0.1, 0.15) is 41.6 Å². The molecule has 1 aromatic heterocycles. The summed E-state index contributed by atoms with van der Waals surface area (Å²) in [4.78, 5) is 30.4. The quantitative estimate of drug-likeness (QED) is 0.903. The molecule has 1 aliphatic carbocycles. The number of aromatic amines is 1. The molecule has 1 N–H and O–H groups in total. The molecule has 5 heteroatoms. The second-order valence-corrected chi connectivity index (χ2v) is 7.24. The fourth-order valence-electron chi connectivity index (χ4n) is 4.13. The van der Waals surface area contributed by atoms with E-state index in [9.17, 15) is 9.59 Å². The van der Waals surface area contributed by atoms with Crippen LogP contribution in [0, 0.1) is 6.92 Å². The number of nitrogens with one attached hydrogen (secondary N) is 1. The van der Waals surface area contributed by atoms with Gasteiger partial charge in [0.05, 0.1) is 18.8 Å². The van der Waals surface area contributed by atoms with Crippen LogP contribution in [0.25, 0.3) is 11.3 Å². The number of nitrogens with zero attached hydrogens (tertiary/aromatic N) is 1. The average Bonchev–Trinajstić information content (AvgIpc) is 2.67. The van der Waals surface area contributed by atoms with E-state index in [4.69, 9.17) is 4.74 Å². The molecule has 2 aliphatic rings. The second kappa shape index (κ2) is 7.08. The summed E-state index contributed by atoms with van der Waals surface area (Å²) in [5.41, 5.74) is 2.69. The van der Waals surface area contributed by atoms with E-state index in [2.05, 4.69) is 4.98 Å². The Bertz CT molecular complexity index is 872. The zero-order valence-electron chi connectivity index (χ0n) is 15.0. The minimum Gasteiger partial charge on any atom is -0.374 e. The molecule has 136 valence electrons. The molecule has 1 aromatic carbocycles. The molecule has 1 saturated heterocycles. The van der Waals surface area contributed by atoms with E-state index in [1.165, 1.54) is 0 Å². The maximum Gasteiger partial charge on any atom is 0.261 e. The summed E-state index contributed by atoms with van der Waals surface area (Å²) in [7, 11) is 0. The van der Waals surface area contributed by atoms with E-state index >= 15 is 0 Å². The van der Waals surface area contributed by atoms with Crippen molar-refractivity contribution in [2.45, 2.75) is 44.8 Å². The number of rotatable bonds is 2. The third-order valence-corrected chi connectivity index (χ3v) is 5.46. The van der Waals surface area contributed by atoms with E-state index in [1.54, 1.807) is 6.07 Å². The van der Waals surface area contributed by atoms with Crippen LogP contribution in [0.2, 0.25) is 0 Å². The molecule has 2 fully saturated rings. The van der Waals surface area contributed by atoms with Crippen molar-refractivity contribution in [2.75, 3.05) is 13.2 Å². The first-order valence-electron chi connectivity index (χ1n) is 9.36. The Hall–Kier alpha value is -2.40. The highest BCUT2D eigenvalue weighted by Crippen LogP contribution is 2.29. The lowest BCUT2D eigenvalue weighted by atomic mass is 9.90. The average molecular weight is 352 g/mol. The number of fused-ring (bicyclic) bond motifs is 1. The summed E-state index contributed by atoms with van der Waals surface area (Å²) in [5.74, 6) is -0.178. The molecule has 0 radical (unpaired) electrons. The predicted octanol–water partition coefficient (Wildman–Crippen LogP) is 3.13. The highest BCUT2D eigenvalue weighted by atomic mass is 16.5. The van der Waals surface area contributed by atoms with Gasteiger partial charge < -0.3 is 14.6 Å². The van der Waals surface area contributed by atoms with Crippen molar-refractivity contribution in [3.05, 3.63) is 57.9 Å². The molecule has 2 atom stereocenters. The van der Waals surface area contributed by atoms with Gasteiger partial charge in [-0.05, 0) is 43.5 Å². The SMILES string of the molecule is Cc1cccc(-c2ccc(C(=O)N3CCO[C@@H]4CCCC[C@H]43)c(=O)[nH]2)c1. The Labute approximate surface area is 153 Å². The molecule has 0 unspecified atom stereocenters. The normalized spacial score (nSPS) is 22.7. The van der Waals surface area contributed by atoms with Crippen molar-refractivity contribution < 1.29 is 9.53 Å². The minimum absolute atomic E-state index is 0.0980. The van der Waals surface area contributed by atoms with Gasteiger partial charge in [0.15, 0.2) is 0 Å². The first-order valence-corrected chi connectivity index (χ1v) is 9.36. The highest BCUT2D eigenvalue weighted by molar-refractivity contribution is 5.94. The van der Waals surface area contributed by atoms with Gasteiger partial charge in [0.2, 0.25) is 0 Å². The van der Waals surface area contributed by atoms with Crippen LogP contribution in [0.15, 0.2) is 41.2 Å². The summed E-state index contributed by atoms with van der Waals surface area (Å²) in [6, 6.07) is 11.5. The molecule has 1 amide bonds. The maximum absolute atomic E-state index is 13.0. The van der Waals surface area contributed by atoms with Crippen LogP contribution in [0.4, 0.5) is 0 Å². The monoisotopic (exact) mass is 352 g/mol. The fourth-order valence-corrected chi connectivity index (χ4v) is 4.13. The number of pyridine rings is 1. The molecule has 1 saturated carbocycles. The van der Waals surface area contributed by atoms with Gasteiger partial charge in [-0.15, -0.1) is 0 Å². The number of H-pyrrole nitrogens is 1. The Morgan fingerprint density at radius 1 is 1.19 bits per heavy atom. The van der Waals surface area contributed by atoms with Crippen molar-refractivity contribution in [1.82, 2.24) is 9.88 Å². The number of hydrogen-bond acceptors (Lipinski definition) is 3. The number of morpholine rings is 1. The van der Waals surface area contributed by atoms with Gasteiger partial charge in [0.25, 0.3) is 11.5 Å². The van der Waals surface area contributed by atoms with Crippen molar-refractivity contribution in [1.29, 1.82) is 0 Å². The molecule has 1 aliphatic heterocycles. The standard InChI is InChI=1S/C21H24N2O3/c1-14-5-4-6-15(13-14)17-10-9-16(20(24)22-17)21(25)23-11-12-26-19-8-3-2-7-18(19)23/h4-6,9-10,13,18-19H,2-3,7-8,11-12H2,1H3,(H,22,24)/t18-,19-/m1/s1. The molecule has 4 rings (SSSR count). The molecule has 26 heavy (non-hydrogen) atoms. The van der Waals surface area contributed by atoms with Gasteiger partial charge in [0.1, 0.15) is 5.56 Å². The molecule has 5 nitrogen and oxygen atoms in total. The van der Waals surface area contributed by atoms with E-state index in [0.717, 1.165) is 42.5 Å². The van der Waals surface area contributed by atoms with Gasteiger partial charge in [-0.3, -0.25) is 9.59 Å².